The van der Waals surface area contributed by atoms with Crippen molar-refractivity contribution in [3.8, 4) is 22.4 Å². The molecule has 4 aromatic rings. The number of imidazole rings is 1. The highest BCUT2D eigenvalue weighted by molar-refractivity contribution is 6.04. The van der Waals surface area contributed by atoms with Crippen molar-refractivity contribution < 1.29 is 23.9 Å². The molecule has 2 amide bonds. The number of fused-ring (bicyclic) bond motifs is 2. The van der Waals surface area contributed by atoms with Gasteiger partial charge in [0.2, 0.25) is 11.8 Å². The summed E-state index contributed by atoms with van der Waals surface area (Å²) < 4.78 is 10.3. The first-order valence-corrected chi connectivity index (χ1v) is 19.6. The van der Waals surface area contributed by atoms with Gasteiger partial charge in [0, 0.05) is 49.5 Å². The summed E-state index contributed by atoms with van der Waals surface area (Å²) in [6, 6.07) is 26.7. The number of ether oxygens (including phenoxy) is 2. The van der Waals surface area contributed by atoms with E-state index in [2.05, 4.69) is 58.8 Å². The van der Waals surface area contributed by atoms with E-state index in [-0.39, 0.29) is 36.1 Å². The summed E-state index contributed by atoms with van der Waals surface area (Å²) in [6.07, 6.45) is 9.24. The number of carbonyl (C=O) groups excluding carboxylic acids is 3. The Balaban J connectivity index is 0.900. The van der Waals surface area contributed by atoms with Crippen molar-refractivity contribution in [1.82, 2.24) is 14.9 Å². The SMILES string of the molecule is COC(=O)C[C@H](C(=O)N1CCCC1c1ncc(-c2ccc(-c3ccc(C4=CN=C([C@H]5C6CCC(C6)[C@@H]5C(=O)Nc5ccccc5)C4)cc3)cc2)[nH]1)[C@@H](C)OC. The fourth-order valence-corrected chi connectivity index (χ4v) is 9.50. The lowest BCUT2D eigenvalue weighted by atomic mass is 9.75. The molecule has 10 nitrogen and oxygen atoms in total. The molecule has 10 heteroatoms. The number of benzene rings is 3. The maximum atomic E-state index is 13.7. The molecule has 2 N–H and O–H groups in total. The van der Waals surface area contributed by atoms with E-state index >= 15 is 0 Å². The van der Waals surface area contributed by atoms with Crippen LogP contribution in [0.1, 0.15) is 69.3 Å². The maximum Gasteiger partial charge on any atom is 0.306 e. The van der Waals surface area contributed by atoms with Crippen LogP contribution in [0.15, 0.2) is 96.3 Å². The second-order valence-electron chi connectivity index (χ2n) is 15.5. The third-order valence-corrected chi connectivity index (χ3v) is 12.5. The third kappa shape index (κ3) is 7.40. The molecule has 55 heavy (non-hydrogen) atoms. The highest BCUT2D eigenvalue weighted by Crippen LogP contribution is 2.54. The standard InChI is InChI=1S/C45H49N5O5/c1-27(54-2)36(24-40(51)55-3)45(53)50-21-7-10-39(50)43-47-26-38(49-43)31-17-15-29(16-18-31)28-11-13-30(14-12-28)34-23-37(46-25-34)41-32-19-20-33(22-32)42(41)44(52)48-35-8-5-4-6-9-35/h4-6,8-9,11-18,25-27,32-33,36,39,41-42H,7,10,19-24H2,1-3H3,(H,47,49)(H,48,52)/t27-,32?,33?,36+,39?,41-,42+/m1/s1. The fraction of sp³-hybridized carbons (Fsp3) is 0.400. The van der Waals surface area contributed by atoms with Gasteiger partial charge in [0.15, 0.2) is 0 Å². The van der Waals surface area contributed by atoms with E-state index in [0.29, 0.717) is 18.4 Å². The van der Waals surface area contributed by atoms with Gasteiger partial charge in [0.05, 0.1) is 43.5 Å². The number of para-hydroxylation sites is 1. The largest absolute Gasteiger partial charge is 0.469 e. The molecule has 2 saturated carbocycles. The molecule has 3 unspecified atom stereocenters. The van der Waals surface area contributed by atoms with Crippen LogP contribution in [0, 0.1) is 29.6 Å². The normalized spacial score (nSPS) is 24.0. The Morgan fingerprint density at radius 2 is 1.58 bits per heavy atom. The lowest BCUT2D eigenvalue weighted by Crippen LogP contribution is -2.41. The molecular formula is C45H49N5O5. The number of methoxy groups -OCH3 is 2. The first-order valence-electron chi connectivity index (χ1n) is 19.6. The minimum Gasteiger partial charge on any atom is -0.469 e. The van der Waals surface area contributed by atoms with Crippen molar-refractivity contribution in [1.29, 1.82) is 0 Å². The van der Waals surface area contributed by atoms with Gasteiger partial charge in [-0.1, -0.05) is 66.7 Å². The molecule has 2 aliphatic carbocycles. The van der Waals surface area contributed by atoms with Gasteiger partial charge in [-0.25, -0.2) is 4.98 Å². The van der Waals surface area contributed by atoms with Gasteiger partial charge < -0.3 is 24.7 Å². The number of aromatic nitrogens is 2. The number of amides is 2. The van der Waals surface area contributed by atoms with E-state index in [1.165, 1.54) is 19.1 Å². The molecule has 3 aromatic carbocycles. The molecule has 3 fully saturated rings. The quantitative estimate of drug-likeness (QED) is 0.142. The Morgan fingerprint density at radius 1 is 0.891 bits per heavy atom. The number of nitrogens with zero attached hydrogens (tertiary/aromatic N) is 3. The molecule has 2 aliphatic heterocycles. The fourth-order valence-electron chi connectivity index (χ4n) is 9.50. The van der Waals surface area contributed by atoms with Crippen LogP contribution in [-0.4, -0.2) is 65.2 Å². The van der Waals surface area contributed by atoms with Crippen molar-refractivity contribution in [2.45, 2.75) is 64.0 Å². The summed E-state index contributed by atoms with van der Waals surface area (Å²) in [5.41, 5.74) is 8.49. The van der Waals surface area contributed by atoms with Crippen LogP contribution in [0.2, 0.25) is 0 Å². The third-order valence-electron chi connectivity index (χ3n) is 12.5. The average Bonchev–Trinajstić information content (AvgIpc) is 4.08. The van der Waals surface area contributed by atoms with Crippen LogP contribution in [0.5, 0.6) is 0 Å². The second-order valence-corrected chi connectivity index (χ2v) is 15.5. The van der Waals surface area contributed by atoms with E-state index in [0.717, 1.165) is 77.3 Å². The summed E-state index contributed by atoms with van der Waals surface area (Å²) >= 11 is 0. The number of nitrogens with one attached hydrogen (secondary N) is 2. The van der Waals surface area contributed by atoms with Crippen molar-refractivity contribution in [2.75, 3.05) is 26.1 Å². The zero-order valence-electron chi connectivity index (χ0n) is 31.7. The molecule has 3 heterocycles. The molecule has 2 bridgehead atoms. The lowest BCUT2D eigenvalue weighted by Gasteiger charge is -2.30. The number of aliphatic imine (C=N–C) groups is 1. The van der Waals surface area contributed by atoms with Crippen LogP contribution in [0.4, 0.5) is 5.69 Å². The number of likely N-dealkylation sites (tertiary alicyclic amines) is 1. The van der Waals surface area contributed by atoms with E-state index in [1.807, 2.05) is 54.6 Å². The number of H-pyrrole nitrogens is 1. The van der Waals surface area contributed by atoms with Crippen molar-refractivity contribution >= 4 is 34.8 Å². The minimum absolute atomic E-state index is 0.0205. The molecule has 0 radical (unpaired) electrons. The van der Waals surface area contributed by atoms with Gasteiger partial charge in [-0.05, 0) is 90.8 Å². The van der Waals surface area contributed by atoms with Crippen molar-refractivity contribution in [3.05, 3.63) is 103 Å². The Labute approximate surface area is 322 Å². The summed E-state index contributed by atoms with van der Waals surface area (Å²) in [6.45, 7) is 2.41. The van der Waals surface area contributed by atoms with Gasteiger partial charge >= 0.3 is 5.97 Å². The van der Waals surface area contributed by atoms with Gasteiger partial charge in [-0.15, -0.1) is 0 Å². The van der Waals surface area contributed by atoms with E-state index in [9.17, 15) is 14.4 Å². The Bertz CT molecular complexity index is 2090. The van der Waals surface area contributed by atoms with Crippen LogP contribution in [0.25, 0.3) is 28.0 Å². The van der Waals surface area contributed by atoms with Crippen LogP contribution in [-0.2, 0) is 23.9 Å². The summed E-state index contributed by atoms with van der Waals surface area (Å²) in [4.78, 5) is 54.3. The Morgan fingerprint density at radius 3 is 2.29 bits per heavy atom. The molecule has 1 aromatic heterocycles. The van der Waals surface area contributed by atoms with Gasteiger partial charge in [-0.2, -0.15) is 0 Å². The Hall–Kier alpha value is -5.35. The van der Waals surface area contributed by atoms with E-state index in [4.69, 9.17) is 19.5 Å². The second kappa shape index (κ2) is 15.8. The van der Waals surface area contributed by atoms with Crippen LogP contribution in [0.3, 0.4) is 0 Å². The number of aromatic amines is 1. The molecular weight excluding hydrogens is 691 g/mol. The molecule has 284 valence electrons. The number of rotatable bonds is 12. The lowest BCUT2D eigenvalue weighted by molar-refractivity contribution is -0.151. The highest BCUT2D eigenvalue weighted by Gasteiger charge is 2.53. The van der Waals surface area contributed by atoms with Crippen molar-refractivity contribution in [2.24, 2.45) is 34.6 Å². The van der Waals surface area contributed by atoms with Gasteiger partial charge in [-0.3, -0.25) is 19.4 Å². The molecule has 7 atom stereocenters. The Kier molecular flexibility index (Phi) is 10.5. The summed E-state index contributed by atoms with van der Waals surface area (Å²) in [5, 5.41) is 3.19. The smallest absolute Gasteiger partial charge is 0.306 e. The monoisotopic (exact) mass is 739 g/mol. The maximum absolute atomic E-state index is 13.7. The van der Waals surface area contributed by atoms with E-state index in [1.54, 1.807) is 7.11 Å². The number of carbonyl (C=O) groups is 3. The average molecular weight is 740 g/mol. The van der Waals surface area contributed by atoms with Crippen molar-refractivity contribution in [3.63, 3.8) is 0 Å². The summed E-state index contributed by atoms with van der Waals surface area (Å²) in [7, 11) is 2.88. The molecule has 4 aliphatic rings. The number of hydrogen-bond acceptors (Lipinski definition) is 7. The number of hydrogen-bond donors (Lipinski definition) is 2. The predicted octanol–water partition coefficient (Wildman–Crippen LogP) is 8.11. The van der Waals surface area contributed by atoms with Gasteiger partial charge in [0.25, 0.3) is 0 Å². The first kappa shape index (κ1) is 36.6. The number of esters is 1. The van der Waals surface area contributed by atoms with Crippen LogP contribution >= 0.6 is 0 Å². The number of anilines is 1. The molecule has 1 saturated heterocycles. The topological polar surface area (TPSA) is 126 Å². The van der Waals surface area contributed by atoms with Gasteiger partial charge in [0.1, 0.15) is 5.82 Å². The summed E-state index contributed by atoms with van der Waals surface area (Å²) in [5.74, 6) is 0.841. The van der Waals surface area contributed by atoms with Crippen LogP contribution < -0.4 is 5.32 Å². The zero-order chi connectivity index (χ0) is 38.1. The minimum atomic E-state index is -0.630. The molecule has 0 spiro atoms. The molecule has 8 rings (SSSR count). The first-order chi connectivity index (χ1) is 26.8. The zero-order valence-corrected chi connectivity index (χ0v) is 31.7. The predicted molar refractivity (Wildman–Crippen MR) is 213 cm³/mol. The van der Waals surface area contributed by atoms with E-state index < -0.39 is 18.0 Å². The number of allylic oxidation sites excluding steroid dienone is 1. The highest BCUT2D eigenvalue weighted by atomic mass is 16.5.